The van der Waals surface area contributed by atoms with E-state index in [1.165, 1.54) is 0 Å². The Bertz CT molecular complexity index is 740. The van der Waals surface area contributed by atoms with Crippen LogP contribution in [0, 0.1) is 0 Å². The average molecular weight is 544 g/mol. The van der Waals surface area contributed by atoms with Gasteiger partial charge in [0.05, 0.1) is 0 Å². The van der Waals surface area contributed by atoms with Crippen molar-refractivity contribution in [2.75, 3.05) is 0 Å². The summed E-state index contributed by atoms with van der Waals surface area (Å²) in [5.41, 5.74) is 0. The molecule has 0 aliphatic rings. The van der Waals surface area contributed by atoms with Crippen LogP contribution in [-0.2, 0) is 19.1 Å². The Morgan fingerprint density at radius 1 is 0.471 bits per heavy atom. The van der Waals surface area contributed by atoms with Gasteiger partial charge < -0.3 is 9.47 Å². The van der Waals surface area contributed by atoms with Crippen molar-refractivity contribution in [3.63, 3.8) is 0 Å². The van der Waals surface area contributed by atoms with Crippen LogP contribution in [-0.4, -0.2) is 59.7 Å². The van der Waals surface area contributed by atoms with Crippen LogP contribution in [0.2, 0.25) is 0 Å². The molecule has 0 N–H and O–H groups in total. The first-order valence-electron chi connectivity index (χ1n) is 7.66. The second kappa shape index (κ2) is 8.65. The fraction of sp³-hybridized carbons (Fsp3) is 0.714. The lowest BCUT2D eigenvalue weighted by Gasteiger charge is -2.34. The number of carbonyl (C=O) groups excluding carboxylic acids is 2. The molecule has 0 aromatic rings. The Balaban J connectivity index is 5.61. The predicted molar refractivity (Wildman–Crippen MR) is 72.2 cm³/mol. The van der Waals surface area contributed by atoms with Crippen molar-refractivity contribution >= 4 is 11.9 Å². The zero-order valence-electron chi connectivity index (χ0n) is 15.8. The van der Waals surface area contributed by atoms with E-state index in [1.807, 2.05) is 0 Å². The molecule has 0 fully saturated rings. The maximum absolute atomic E-state index is 13.1. The molecule has 0 bridgehead atoms. The van der Waals surface area contributed by atoms with Gasteiger partial charge in [0, 0.05) is 26.0 Å². The molecular weight excluding hydrogens is 536 g/mol. The van der Waals surface area contributed by atoms with Gasteiger partial charge in [-0.15, -0.1) is 0 Å². The maximum atomic E-state index is 13.1. The topological polar surface area (TPSA) is 52.6 Å². The van der Waals surface area contributed by atoms with E-state index in [-0.39, 0.29) is 0 Å². The van der Waals surface area contributed by atoms with Crippen LogP contribution in [0.1, 0.15) is 13.8 Å². The van der Waals surface area contributed by atoms with Gasteiger partial charge in [0.1, 0.15) is 0 Å². The number of carbonyl (C=O) groups is 2. The summed E-state index contributed by atoms with van der Waals surface area (Å²) in [5.74, 6) is -45.8. The second-order valence-electron chi connectivity index (χ2n) is 6.28. The zero-order chi connectivity index (χ0) is 28.0. The van der Waals surface area contributed by atoms with Gasteiger partial charge in [0.2, 0.25) is 0 Å². The van der Waals surface area contributed by atoms with E-state index in [9.17, 15) is 79.8 Å². The van der Waals surface area contributed by atoms with Gasteiger partial charge in [-0.25, -0.2) is 9.59 Å². The van der Waals surface area contributed by atoms with Crippen molar-refractivity contribution in [3.8, 4) is 0 Å². The summed E-state index contributed by atoms with van der Waals surface area (Å²) in [6.45, 7) is -1.86. The molecule has 34 heavy (non-hydrogen) atoms. The summed E-state index contributed by atoms with van der Waals surface area (Å²) < 4.78 is 212. The zero-order valence-corrected chi connectivity index (χ0v) is 15.8. The monoisotopic (exact) mass is 544 g/mol. The Kier molecular flexibility index (Phi) is 8.03. The van der Waals surface area contributed by atoms with Crippen molar-refractivity contribution in [2.45, 2.75) is 61.6 Å². The van der Waals surface area contributed by atoms with Gasteiger partial charge in [-0.05, 0) is 0 Å². The predicted octanol–water partition coefficient (Wildman–Crippen LogP) is 5.67. The van der Waals surface area contributed by atoms with Gasteiger partial charge >= 0.3 is 59.7 Å². The molecule has 0 atom stereocenters. The number of rotatable bonds is 10. The highest BCUT2D eigenvalue weighted by Crippen LogP contribution is 2.54. The number of esters is 2. The molecule has 4 nitrogen and oxygen atoms in total. The number of alkyl halides is 16. The van der Waals surface area contributed by atoms with Crippen molar-refractivity contribution in [1.29, 1.82) is 0 Å². The first-order valence-corrected chi connectivity index (χ1v) is 7.66. The largest absolute Gasteiger partial charge is 0.473 e. The minimum absolute atomic E-state index is 0.928. The molecule has 0 heterocycles. The van der Waals surface area contributed by atoms with E-state index in [2.05, 4.69) is 9.47 Å². The van der Waals surface area contributed by atoms with Crippen LogP contribution in [0.4, 0.5) is 70.2 Å². The Labute approximate surface area is 176 Å². The SMILES string of the molecule is CC(F)(F)C(F)(F)C(F)(F)C(F)(F)OC(=O)/C=C/C(=O)OC(F)(F)C(F)(F)C(F)(F)C(C)(F)F. The Morgan fingerprint density at radius 3 is 0.853 bits per heavy atom. The van der Waals surface area contributed by atoms with E-state index in [4.69, 9.17) is 0 Å². The molecule has 0 saturated heterocycles. The smallest absolute Gasteiger partial charge is 0.393 e. The summed E-state index contributed by atoms with van der Waals surface area (Å²) in [6.07, 6.45) is -15.5. The van der Waals surface area contributed by atoms with Crippen molar-refractivity contribution in [3.05, 3.63) is 12.2 Å². The summed E-state index contributed by atoms with van der Waals surface area (Å²) in [6, 6.07) is 0. The Morgan fingerprint density at radius 2 is 0.676 bits per heavy atom. The molecule has 0 radical (unpaired) electrons. The van der Waals surface area contributed by atoms with Gasteiger partial charge in [0.25, 0.3) is 0 Å². The molecule has 20 heteroatoms. The van der Waals surface area contributed by atoms with Crippen LogP contribution in [0.5, 0.6) is 0 Å². The molecule has 0 rings (SSSR count). The van der Waals surface area contributed by atoms with Gasteiger partial charge in [-0.2, -0.15) is 70.2 Å². The van der Waals surface area contributed by atoms with E-state index in [1.54, 1.807) is 0 Å². The second-order valence-corrected chi connectivity index (χ2v) is 6.28. The maximum Gasteiger partial charge on any atom is 0.473 e. The fourth-order valence-electron chi connectivity index (χ4n) is 1.50. The highest BCUT2D eigenvalue weighted by atomic mass is 19.4. The Hall–Kier alpha value is -2.44. The van der Waals surface area contributed by atoms with E-state index < -0.39 is 85.7 Å². The molecule has 200 valence electrons. The van der Waals surface area contributed by atoms with Crippen LogP contribution in [0.15, 0.2) is 12.2 Å². The first-order chi connectivity index (χ1) is 14.5. The van der Waals surface area contributed by atoms with Crippen LogP contribution < -0.4 is 0 Å². The minimum Gasteiger partial charge on any atom is -0.393 e. The molecule has 0 aliphatic heterocycles. The van der Waals surface area contributed by atoms with Crippen molar-refractivity contribution < 1.29 is 89.3 Å². The summed E-state index contributed by atoms with van der Waals surface area (Å²) in [4.78, 5) is 21.8. The highest BCUT2D eigenvalue weighted by Gasteiger charge is 2.82. The summed E-state index contributed by atoms with van der Waals surface area (Å²) in [7, 11) is 0. The standard InChI is InChI=1S/C14H8F16O4/c1-7(15,16)9(19,20)11(23,24)13(27,28)33-5(31)3-4-6(32)34-14(29,30)12(25,26)10(21,22)8(2,17)18/h3-4H,1-2H3/b4-3+. The third-order valence-corrected chi connectivity index (χ3v) is 3.44. The quantitative estimate of drug-likeness (QED) is 0.202. The van der Waals surface area contributed by atoms with Gasteiger partial charge in [0.15, 0.2) is 0 Å². The van der Waals surface area contributed by atoms with E-state index >= 15 is 0 Å². The fourth-order valence-corrected chi connectivity index (χ4v) is 1.50. The number of hydrogen-bond donors (Lipinski definition) is 0. The molecular formula is C14H8F16O4. The molecule has 0 spiro atoms. The summed E-state index contributed by atoms with van der Waals surface area (Å²) in [5, 5.41) is 0. The third kappa shape index (κ3) is 5.44. The molecule has 0 amide bonds. The summed E-state index contributed by atoms with van der Waals surface area (Å²) >= 11 is 0. The lowest BCUT2D eigenvalue weighted by molar-refractivity contribution is -0.414. The minimum atomic E-state index is -7.13. The first kappa shape index (κ1) is 31.6. The third-order valence-electron chi connectivity index (χ3n) is 3.44. The number of halogens is 16. The number of hydrogen-bond acceptors (Lipinski definition) is 4. The average Bonchev–Trinajstić information content (AvgIpc) is 2.56. The van der Waals surface area contributed by atoms with E-state index in [0.29, 0.717) is 0 Å². The van der Waals surface area contributed by atoms with Gasteiger partial charge in [-0.3, -0.25) is 0 Å². The highest BCUT2D eigenvalue weighted by molar-refractivity contribution is 5.91. The molecule has 0 aromatic carbocycles. The van der Waals surface area contributed by atoms with Gasteiger partial charge in [-0.1, -0.05) is 0 Å². The molecule has 0 aliphatic carbocycles. The molecule has 0 aromatic heterocycles. The van der Waals surface area contributed by atoms with Crippen molar-refractivity contribution in [1.82, 2.24) is 0 Å². The van der Waals surface area contributed by atoms with Crippen LogP contribution >= 0.6 is 0 Å². The number of ether oxygens (including phenoxy) is 2. The lowest BCUT2D eigenvalue weighted by atomic mass is 10.1. The van der Waals surface area contributed by atoms with Crippen LogP contribution in [0.25, 0.3) is 0 Å². The normalized spacial score (nSPS) is 15.5. The molecule has 0 unspecified atom stereocenters. The van der Waals surface area contributed by atoms with E-state index in [0.717, 1.165) is 0 Å². The van der Waals surface area contributed by atoms with Crippen LogP contribution in [0.3, 0.4) is 0 Å². The molecule has 0 saturated carbocycles. The van der Waals surface area contributed by atoms with Crippen molar-refractivity contribution in [2.24, 2.45) is 0 Å². The lowest BCUT2D eigenvalue weighted by Crippen LogP contribution is -2.62.